The molecule has 2 heterocycles. The second kappa shape index (κ2) is 10.8. The molecule has 6 rings (SSSR count). The van der Waals surface area contributed by atoms with Crippen molar-refractivity contribution < 1.29 is 39.7 Å². The Morgan fingerprint density at radius 1 is 0.977 bits per heavy atom. The summed E-state index contributed by atoms with van der Waals surface area (Å²) in [7, 11) is 0. The molecule has 4 aliphatic carbocycles. The van der Waals surface area contributed by atoms with Crippen LogP contribution in [0.4, 0.5) is 0 Å². The Kier molecular flexibility index (Phi) is 8.15. The molecule has 8 heteroatoms. The van der Waals surface area contributed by atoms with Crippen LogP contribution in [0, 0.1) is 45.3 Å². The van der Waals surface area contributed by atoms with Gasteiger partial charge in [0.05, 0.1) is 30.5 Å². The minimum Gasteiger partial charge on any atom is -0.394 e. The lowest BCUT2D eigenvalue weighted by Gasteiger charge is -2.65. The molecule has 0 radical (unpaired) electrons. The van der Waals surface area contributed by atoms with Gasteiger partial charge in [0.25, 0.3) is 0 Å². The topological polar surface area (TPSA) is 129 Å². The van der Waals surface area contributed by atoms with E-state index in [1.807, 2.05) is 19.9 Å². The van der Waals surface area contributed by atoms with E-state index in [9.17, 15) is 25.5 Å². The van der Waals surface area contributed by atoms with Crippen molar-refractivity contribution in [3.05, 3.63) is 24.3 Å². The lowest BCUT2D eigenvalue weighted by Crippen LogP contribution is -2.66. The van der Waals surface area contributed by atoms with Gasteiger partial charge in [-0.1, -0.05) is 58.9 Å². The molecule has 1 spiro atoms. The third-order valence-corrected chi connectivity index (χ3v) is 14.2. The molecular formula is C36H58O8. The van der Waals surface area contributed by atoms with E-state index in [0.29, 0.717) is 23.7 Å². The van der Waals surface area contributed by atoms with Gasteiger partial charge in [0.2, 0.25) is 0 Å². The highest BCUT2D eigenvalue weighted by Gasteiger charge is 2.75. The molecule has 44 heavy (non-hydrogen) atoms. The number of rotatable bonds is 7. The molecule has 6 aliphatic rings. The Labute approximate surface area is 263 Å². The average molecular weight is 619 g/mol. The molecular weight excluding hydrogens is 560 g/mol. The van der Waals surface area contributed by atoms with Gasteiger partial charge in [0.1, 0.15) is 24.4 Å². The minimum atomic E-state index is -1.46. The zero-order valence-electron chi connectivity index (χ0n) is 27.9. The summed E-state index contributed by atoms with van der Waals surface area (Å²) in [5.74, 6) is 1.99. The summed E-state index contributed by atoms with van der Waals surface area (Å²) in [6.45, 7) is 15.8. The van der Waals surface area contributed by atoms with Gasteiger partial charge in [-0.25, -0.2) is 0 Å². The minimum absolute atomic E-state index is 0.0767. The maximum Gasteiger partial charge on any atom is 0.186 e. The van der Waals surface area contributed by atoms with Crippen LogP contribution in [0.2, 0.25) is 0 Å². The first-order valence-electron chi connectivity index (χ1n) is 17.2. The highest BCUT2D eigenvalue weighted by molar-refractivity contribution is 5.33. The first-order valence-corrected chi connectivity index (χ1v) is 17.2. The number of hydrogen-bond donors (Lipinski definition) is 5. The summed E-state index contributed by atoms with van der Waals surface area (Å²) in [5.41, 5.74) is -1.24. The lowest BCUT2D eigenvalue weighted by molar-refractivity contribution is -0.329. The Morgan fingerprint density at radius 2 is 1.70 bits per heavy atom. The van der Waals surface area contributed by atoms with Crippen molar-refractivity contribution >= 4 is 0 Å². The van der Waals surface area contributed by atoms with Crippen LogP contribution in [0.15, 0.2) is 24.3 Å². The smallest absolute Gasteiger partial charge is 0.186 e. The van der Waals surface area contributed by atoms with E-state index < -0.39 is 53.9 Å². The number of fused-ring (bicyclic) bond motifs is 2. The monoisotopic (exact) mass is 618 g/mol. The number of aliphatic hydroxyl groups excluding tert-OH is 4. The van der Waals surface area contributed by atoms with Crippen LogP contribution in [0.5, 0.6) is 0 Å². The Bertz CT molecular complexity index is 1140. The molecule has 8 nitrogen and oxygen atoms in total. The highest BCUT2D eigenvalue weighted by atomic mass is 16.7. The zero-order chi connectivity index (χ0) is 32.1. The first kappa shape index (κ1) is 33.1. The second-order valence-corrected chi connectivity index (χ2v) is 17.1. The van der Waals surface area contributed by atoms with Gasteiger partial charge in [0.15, 0.2) is 6.29 Å². The molecule has 0 aromatic heterocycles. The summed E-state index contributed by atoms with van der Waals surface area (Å²) in [4.78, 5) is 0. The molecule has 250 valence electrons. The summed E-state index contributed by atoms with van der Waals surface area (Å²) in [5, 5.41) is 51.2. The Morgan fingerprint density at radius 3 is 2.39 bits per heavy atom. The molecule has 2 bridgehead atoms. The van der Waals surface area contributed by atoms with Crippen molar-refractivity contribution in [3.8, 4) is 0 Å². The standard InChI is InChI=1S/C36H58O8/c1-21(9-8-14-31(2,3)41)22-12-15-34(7)24-13-16-36-25(35(24,20-42-36)18-17-33(22,34)6)10-11-26(32(36,4)5)44-30-29(40)28(39)27(38)23(19-37)43-30/h8,13-14,16,21-30,37-41H,9-12,15,17-20H2,1-7H3/b14-8+/t21-,22-,23-,24+,25+,26+,27-,28+,29-,30+,33-,34+,35+,36+/m1/s1. The quantitative estimate of drug-likeness (QED) is 0.270. The first-order chi connectivity index (χ1) is 20.5. The van der Waals surface area contributed by atoms with Crippen molar-refractivity contribution in [1.82, 2.24) is 0 Å². The van der Waals surface area contributed by atoms with E-state index in [0.717, 1.165) is 32.3 Å². The van der Waals surface area contributed by atoms with E-state index in [1.54, 1.807) is 0 Å². The van der Waals surface area contributed by atoms with Crippen LogP contribution in [0.1, 0.15) is 93.4 Å². The van der Waals surface area contributed by atoms with Crippen molar-refractivity contribution in [3.63, 3.8) is 0 Å². The average Bonchev–Trinajstić information content (AvgIpc) is 3.35. The third-order valence-electron chi connectivity index (χ3n) is 14.2. The SMILES string of the molecule is C[C@H](C/C=C/C(C)(C)O)[C@H]1CC[C@@]2(C)[C@@H]3C=C[C@]45OC[C@]3(CC[C@]12C)[C@@H]4CC[C@H](O[C@@H]1O[C@H](CO)[C@@H](O)[C@H](O)[C@H]1O)C5(C)C. The second-order valence-electron chi connectivity index (χ2n) is 17.1. The predicted molar refractivity (Wildman–Crippen MR) is 166 cm³/mol. The summed E-state index contributed by atoms with van der Waals surface area (Å²) >= 11 is 0. The van der Waals surface area contributed by atoms with Crippen molar-refractivity contribution in [2.45, 2.75) is 141 Å². The van der Waals surface area contributed by atoms with Gasteiger partial charge >= 0.3 is 0 Å². The van der Waals surface area contributed by atoms with Gasteiger partial charge in [-0.15, -0.1) is 0 Å². The molecule has 0 aromatic rings. The fraction of sp³-hybridized carbons (Fsp3) is 0.889. The molecule has 5 N–H and O–H groups in total. The van der Waals surface area contributed by atoms with Crippen LogP contribution < -0.4 is 0 Å². The van der Waals surface area contributed by atoms with E-state index in [4.69, 9.17) is 14.2 Å². The summed E-state index contributed by atoms with van der Waals surface area (Å²) in [6.07, 6.45) is 9.78. The van der Waals surface area contributed by atoms with Crippen molar-refractivity contribution in [2.75, 3.05) is 13.2 Å². The molecule has 5 fully saturated rings. The lowest BCUT2D eigenvalue weighted by atomic mass is 9.38. The number of aliphatic hydroxyl groups is 5. The largest absolute Gasteiger partial charge is 0.394 e. The Balaban J connectivity index is 1.25. The van der Waals surface area contributed by atoms with Crippen LogP contribution >= 0.6 is 0 Å². The molecule has 14 atom stereocenters. The number of hydrogen-bond acceptors (Lipinski definition) is 8. The predicted octanol–water partition coefficient (Wildman–Crippen LogP) is 4.12. The van der Waals surface area contributed by atoms with Gasteiger partial charge in [0, 0.05) is 16.7 Å². The maximum atomic E-state index is 10.7. The summed E-state index contributed by atoms with van der Waals surface area (Å²) in [6, 6.07) is 0. The molecule has 0 unspecified atom stereocenters. The molecule has 2 saturated heterocycles. The van der Waals surface area contributed by atoms with E-state index in [-0.39, 0.29) is 22.3 Å². The van der Waals surface area contributed by atoms with E-state index in [1.165, 1.54) is 19.3 Å². The van der Waals surface area contributed by atoms with Gasteiger partial charge in [-0.2, -0.15) is 0 Å². The van der Waals surface area contributed by atoms with Gasteiger partial charge < -0.3 is 39.7 Å². The summed E-state index contributed by atoms with van der Waals surface area (Å²) < 4.78 is 19.2. The van der Waals surface area contributed by atoms with Crippen LogP contribution in [-0.2, 0) is 14.2 Å². The highest BCUT2D eigenvalue weighted by Crippen LogP contribution is 2.77. The molecule has 2 aliphatic heterocycles. The number of ether oxygens (including phenoxy) is 3. The molecule has 3 saturated carbocycles. The van der Waals surface area contributed by atoms with Crippen LogP contribution in [0.3, 0.4) is 0 Å². The van der Waals surface area contributed by atoms with Crippen molar-refractivity contribution in [2.24, 2.45) is 45.3 Å². The zero-order valence-corrected chi connectivity index (χ0v) is 27.9. The van der Waals surface area contributed by atoms with Gasteiger partial charge in [-0.3, -0.25) is 0 Å². The number of allylic oxidation sites excluding steroid dienone is 2. The van der Waals surface area contributed by atoms with E-state index >= 15 is 0 Å². The fourth-order valence-corrected chi connectivity index (χ4v) is 11.5. The Hall–Kier alpha value is -0.840. The maximum absolute atomic E-state index is 10.7. The van der Waals surface area contributed by atoms with Crippen molar-refractivity contribution in [1.29, 1.82) is 0 Å². The third kappa shape index (κ3) is 4.52. The normalized spacial score (nSPS) is 52.0. The molecule has 0 aromatic carbocycles. The van der Waals surface area contributed by atoms with E-state index in [2.05, 4.69) is 52.8 Å². The van der Waals surface area contributed by atoms with Crippen LogP contribution in [-0.4, -0.2) is 86.8 Å². The van der Waals surface area contributed by atoms with Gasteiger partial charge in [-0.05, 0) is 87.4 Å². The van der Waals surface area contributed by atoms with Crippen LogP contribution in [0.25, 0.3) is 0 Å². The molecule has 0 amide bonds. The fourth-order valence-electron chi connectivity index (χ4n) is 11.5.